The van der Waals surface area contributed by atoms with E-state index < -0.39 is 0 Å². The van der Waals surface area contributed by atoms with E-state index in [4.69, 9.17) is 11.6 Å². The molecule has 2 aromatic rings. The second kappa shape index (κ2) is 8.61. The van der Waals surface area contributed by atoms with Crippen molar-refractivity contribution in [2.24, 2.45) is 5.10 Å². The number of hydrogen-bond donors (Lipinski definition) is 1. The fourth-order valence-electron chi connectivity index (χ4n) is 1.73. The number of carbonyl (C=O) groups excluding carboxylic acids is 1. The molecule has 0 aliphatic carbocycles. The van der Waals surface area contributed by atoms with Gasteiger partial charge in [-0.05, 0) is 41.8 Å². The van der Waals surface area contributed by atoms with Gasteiger partial charge >= 0.3 is 0 Å². The lowest BCUT2D eigenvalue weighted by Gasteiger charge is -2.01. The quantitative estimate of drug-likeness (QED) is 0.490. The number of halogens is 1. The topological polar surface area (TPSA) is 41.5 Å². The standard InChI is InChI=1S/C17H17ClN2OS/c1-2-13-3-5-14(6-4-13)11-19-20-17(21)12-22-16-9-7-15(18)8-10-16/h3-11H,2,12H2,1H3,(H,20,21). The molecular weight excluding hydrogens is 316 g/mol. The van der Waals surface area contributed by atoms with Crippen LogP contribution in [0.1, 0.15) is 18.1 Å². The van der Waals surface area contributed by atoms with E-state index in [0.29, 0.717) is 10.8 Å². The van der Waals surface area contributed by atoms with Crippen molar-refractivity contribution >= 4 is 35.5 Å². The molecule has 1 amide bonds. The van der Waals surface area contributed by atoms with Gasteiger partial charge < -0.3 is 0 Å². The number of rotatable bonds is 6. The lowest BCUT2D eigenvalue weighted by molar-refractivity contribution is -0.118. The van der Waals surface area contributed by atoms with Crippen LogP contribution in [0.25, 0.3) is 0 Å². The number of aryl methyl sites for hydroxylation is 1. The maximum absolute atomic E-state index is 11.7. The molecule has 0 aromatic heterocycles. The highest BCUT2D eigenvalue weighted by Crippen LogP contribution is 2.19. The van der Waals surface area contributed by atoms with Crippen molar-refractivity contribution < 1.29 is 4.79 Å². The van der Waals surface area contributed by atoms with E-state index in [1.807, 2.05) is 24.3 Å². The predicted octanol–water partition coefficient (Wildman–Crippen LogP) is 4.14. The SMILES string of the molecule is CCc1ccc(C=NNC(=O)CSc2ccc(Cl)cc2)cc1. The van der Waals surface area contributed by atoms with Gasteiger partial charge in [-0.25, -0.2) is 5.43 Å². The minimum absolute atomic E-state index is 0.138. The molecule has 22 heavy (non-hydrogen) atoms. The molecule has 0 saturated carbocycles. The molecule has 0 unspecified atom stereocenters. The zero-order chi connectivity index (χ0) is 15.8. The smallest absolute Gasteiger partial charge is 0.250 e. The van der Waals surface area contributed by atoms with Crippen molar-refractivity contribution in [1.29, 1.82) is 0 Å². The molecule has 0 heterocycles. The van der Waals surface area contributed by atoms with Crippen LogP contribution < -0.4 is 5.43 Å². The fourth-order valence-corrected chi connectivity index (χ4v) is 2.55. The normalized spacial score (nSPS) is 10.8. The Labute approximate surface area is 139 Å². The molecule has 0 aliphatic rings. The minimum Gasteiger partial charge on any atom is -0.272 e. The molecule has 1 N–H and O–H groups in total. The Balaban J connectivity index is 1.76. The molecule has 0 atom stereocenters. The maximum Gasteiger partial charge on any atom is 0.250 e. The van der Waals surface area contributed by atoms with E-state index in [1.54, 1.807) is 18.3 Å². The third-order valence-corrected chi connectivity index (χ3v) is 4.24. The third kappa shape index (κ3) is 5.54. The average molecular weight is 333 g/mol. The number of amides is 1. The molecule has 0 spiro atoms. The summed E-state index contributed by atoms with van der Waals surface area (Å²) >= 11 is 7.26. The summed E-state index contributed by atoms with van der Waals surface area (Å²) in [7, 11) is 0. The summed E-state index contributed by atoms with van der Waals surface area (Å²) in [6.45, 7) is 2.11. The number of nitrogens with zero attached hydrogens (tertiary/aromatic N) is 1. The Hall–Kier alpha value is -1.78. The highest BCUT2D eigenvalue weighted by Gasteiger charge is 2.01. The van der Waals surface area contributed by atoms with Gasteiger partial charge in [-0.1, -0.05) is 42.8 Å². The highest BCUT2D eigenvalue weighted by molar-refractivity contribution is 8.00. The van der Waals surface area contributed by atoms with E-state index in [9.17, 15) is 4.79 Å². The third-order valence-electron chi connectivity index (χ3n) is 2.97. The van der Waals surface area contributed by atoms with Crippen molar-refractivity contribution in [1.82, 2.24) is 5.43 Å². The lowest BCUT2D eigenvalue weighted by atomic mass is 10.1. The van der Waals surface area contributed by atoms with Crippen LogP contribution in [0.15, 0.2) is 58.5 Å². The summed E-state index contributed by atoms with van der Waals surface area (Å²) in [5, 5.41) is 4.65. The molecule has 2 rings (SSSR count). The van der Waals surface area contributed by atoms with E-state index in [1.165, 1.54) is 17.3 Å². The number of carbonyl (C=O) groups is 1. The molecule has 114 valence electrons. The largest absolute Gasteiger partial charge is 0.272 e. The molecular formula is C17H17ClN2OS. The van der Waals surface area contributed by atoms with Gasteiger partial charge in [0.25, 0.3) is 0 Å². The molecule has 5 heteroatoms. The Morgan fingerprint density at radius 3 is 2.50 bits per heavy atom. The Kier molecular flexibility index (Phi) is 6.49. The second-order valence-corrected chi connectivity index (χ2v) is 6.12. The van der Waals surface area contributed by atoms with Gasteiger partial charge in [0.05, 0.1) is 12.0 Å². The summed E-state index contributed by atoms with van der Waals surface area (Å²) < 4.78 is 0. The number of hydrogen-bond acceptors (Lipinski definition) is 3. The summed E-state index contributed by atoms with van der Waals surface area (Å²) in [6.07, 6.45) is 2.65. The van der Waals surface area contributed by atoms with Crippen LogP contribution >= 0.6 is 23.4 Å². The Morgan fingerprint density at radius 1 is 1.18 bits per heavy atom. The Morgan fingerprint density at radius 2 is 1.86 bits per heavy atom. The second-order valence-electron chi connectivity index (χ2n) is 4.63. The van der Waals surface area contributed by atoms with Crippen LogP contribution in [-0.2, 0) is 11.2 Å². The zero-order valence-electron chi connectivity index (χ0n) is 12.3. The van der Waals surface area contributed by atoms with Gasteiger partial charge in [0.1, 0.15) is 0 Å². The van der Waals surface area contributed by atoms with Crippen LogP contribution in [0, 0.1) is 0 Å². The lowest BCUT2D eigenvalue weighted by Crippen LogP contribution is -2.19. The maximum atomic E-state index is 11.7. The van der Waals surface area contributed by atoms with Gasteiger partial charge in [-0.15, -0.1) is 11.8 Å². The summed E-state index contributed by atoms with van der Waals surface area (Å²) in [6, 6.07) is 15.5. The first-order valence-electron chi connectivity index (χ1n) is 6.96. The first-order valence-corrected chi connectivity index (χ1v) is 8.33. The number of thioether (sulfide) groups is 1. The number of hydrazone groups is 1. The van der Waals surface area contributed by atoms with E-state index in [2.05, 4.69) is 29.6 Å². The van der Waals surface area contributed by atoms with Gasteiger partial charge in [0.2, 0.25) is 5.91 Å². The van der Waals surface area contributed by atoms with Crippen molar-refractivity contribution in [3.63, 3.8) is 0 Å². The van der Waals surface area contributed by atoms with E-state index in [-0.39, 0.29) is 5.91 Å². The van der Waals surface area contributed by atoms with Crippen LogP contribution in [-0.4, -0.2) is 17.9 Å². The van der Waals surface area contributed by atoms with Gasteiger partial charge in [-0.2, -0.15) is 5.10 Å². The summed E-state index contributed by atoms with van der Waals surface area (Å²) in [5.41, 5.74) is 4.76. The van der Waals surface area contributed by atoms with Crippen LogP contribution in [0.4, 0.5) is 0 Å². The number of benzene rings is 2. The molecule has 0 aliphatic heterocycles. The van der Waals surface area contributed by atoms with Gasteiger partial charge in [0, 0.05) is 9.92 Å². The van der Waals surface area contributed by atoms with E-state index in [0.717, 1.165) is 16.9 Å². The molecule has 0 saturated heterocycles. The summed E-state index contributed by atoms with van der Waals surface area (Å²) in [5.74, 6) is 0.176. The van der Waals surface area contributed by atoms with Gasteiger partial charge in [0.15, 0.2) is 0 Å². The van der Waals surface area contributed by atoms with Crippen molar-refractivity contribution in [2.45, 2.75) is 18.2 Å². The van der Waals surface area contributed by atoms with Crippen LogP contribution in [0.5, 0.6) is 0 Å². The van der Waals surface area contributed by atoms with Crippen molar-refractivity contribution in [3.8, 4) is 0 Å². The molecule has 0 bridgehead atoms. The fraction of sp³-hybridized carbons (Fsp3) is 0.176. The number of nitrogens with one attached hydrogen (secondary N) is 1. The van der Waals surface area contributed by atoms with Crippen molar-refractivity contribution in [2.75, 3.05) is 5.75 Å². The first-order chi connectivity index (χ1) is 10.7. The summed E-state index contributed by atoms with van der Waals surface area (Å²) in [4.78, 5) is 12.7. The van der Waals surface area contributed by atoms with Crippen LogP contribution in [0.2, 0.25) is 5.02 Å². The highest BCUT2D eigenvalue weighted by atomic mass is 35.5. The Bertz CT molecular complexity index is 639. The predicted molar refractivity (Wildman–Crippen MR) is 93.7 cm³/mol. The molecule has 3 nitrogen and oxygen atoms in total. The van der Waals surface area contributed by atoms with E-state index >= 15 is 0 Å². The zero-order valence-corrected chi connectivity index (χ0v) is 13.8. The first kappa shape index (κ1) is 16.6. The molecule has 2 aromatic carbocycles. The van der Waals surface area contributed by atoms with Crippen LogP contribution in [0.3, 0.4) is 0 Å². The molecule has 0 radical (unpaired) electrons. The minimum atomic E-state index is -0.138. The monoisotopic (exact) mass is 332 g/mol. The average Bonchev–Trinajstić information content (AvgIpc) is 2.55. The van der Waals surface area contributed by atoms with Gasteiger partial charge in [-0.3, -0.25) is 4.79 Å². The molecule has 0 fully saturated rings. The van der Waals surface area contributed by atoms with Crippen molar-refractivity contribution in [3.05, 3.63) is 64.7 Å².